The minimum absolute atomic E-state index is 0.178. The summed E-state index contributed by atoms with van der Waals surface area (Å²) >= 11 is 0. The fourth-order valence-electron chi connectivity index (χ4n) is 1.47. The van der Waals surface area contributed by atoms with Gasteiger partial charge in [-0.15, -0.1) is 0 Å². The summed E-state index contributed by atoms with van der Waals surface area (Å²) in [7, 11) is 1.56. The second-order valence-corrected chi connectivity index (χ2v) is 3.38. The Bertz CT molecular complexity index is 536. The van der Waals surface area contributed by atoms with Crippen LogP contribution in [0, 0.1) is 0 Å². The van der Waals surface area contributed by atoms with E-state index in [0.717, 1.165) is 5.56 Å². The predicted molar refractivity (Wildman–Crippen MR) is 59.7 cm³/mol. The molecule has 1 heterocycles. The maximum absolute atomic E-state index is 10.5. The molecule has 0 spiro atoms. The number of H-pyrrole nitrogens is 1. The Hall–Kier alpha value is -2.37. The fourth-order valence-corrected chi connectivity index (χ4v) is 1.47. The third-order valence-electron chi connectivity index (χ3n) is 2.20. The van der Waals surface area contributed by atoms with Crippen LogP contribution in [-0.2, 0) is 11.2 Å². The first-order chi connectivity index (χ1) is 8.20. The molecule has 0 aliphatic carbocycles. The van der Waals surface area contributed by atoms with Crippen LogP contribution in [-0.4, -0.2) is 33.4 Å². The van der Waals surface area contributed by atoms with Gasteiger partial charge in [-0.2, -0.15) is 5.10 Å². The van der Waals surface area contributed by atoms with Crippen molar-refractivity contribution in [3.05, 3.63) is 30.1 Å². The highest BCUT2D eigenvalue weighted by Crippen LogP contribution is 2.26. The van der Waals surface area contributed by atoms with E-state index in [-0.39, 0.29) is 6.42 Å². The van der Waals surface area contributed by atoms with Crippen LogP contribution in [0.15, 0.2) is 24.3 Å². The van der Waals surface area contributed by atoms with Gasteiger partial charge < -0.3 is 9.84 Å². The van der Waals surface area contributed by atoms with Gasteiger partial charge >= 0.3 is 5.97 Å². The highest BCUT2D eigenvalue weighted by Gasteiger charge is 2.12. The number of aliphatic carboxylic acids is 1. The Morgan fingerprint density at radius 3 is 2.94 bits per heavy atom. The van der Waals surface area contributed by atoms with E-state index in [0.29, 0.717) is 17.4 Å². The van der Waals surface area contributed by atoms with E-state index in [4.69, 9.17) is 9.84 Å². The lowest BCUT2D eigenvalue weighted by Gasteiger charge is -2.03. The molecule has 6 heteroatoms. The van der Waals surface area contributed by atoms with Crippen LogP contribution >= 0.6 is 0 Å². The normalized spacial score (nSPS) is 10.2. The number of hydrogen-bond acceptors (Lipinski definition) is 4. The lowest BCUT2D eigenvalue weighted by atomic mass is 10.2. The monoisotopic (exact) mass is 233 g/mol. The highest BCUT2D eigenvalue weighted by atomic mass is 16.5. The van der Waals surface area contributed by atoms with Crippen molar-refractivity contribution in [2.24, 2.45) is 0 Å². The summed E-state index contributed by atoms with van der Waals surface area (Å²) in [6, 6.07) is 7.29. The lowest BCUT2D eigenvalue weighted by Crippen LogP contribution is -2.01. The predicted octanol–water partition coefficient (Wildman–Crippen LogP) is 1.11. The summed E-state index contributed by atoms with van der Waals surface area (Å²) in [6.45, 7) is 0. The number of benzene rings is 1. The quantitative estimate of drug-likeness (QED) is 0.825. The van der Waals surface area contributed by atoms with Crippen molar-refractivity contribution in [3.63, 3.8) is 0 Å². The van der Waals surface area contributed by atoms with E-state index in [2.05, 4.69) is 15.2 Å². The van der Waals surface area contributed by atoms with E-state index < -0.39 is 5.97 Å². The molecular formula is C11H11N3O3. The van der Waals surface area contributed by atoms with Gasteiger partial charge in [0.15, 0.2) is 5.82 Å². The van der Waals surface area contributed by atoms with Crippen LogP contribution in [0.5, 0.6) is 5.75 Å². The first-order valence-corrected chi connectivity index (χ1v) is 4.97. The summed E-state index contributed by atoms with van der Waals surface area (Å²) in [4.78, 5) is 14.6. The van der Waals surface area contributed by atoms with Crippen LogP contribution in [0.3, 0.4) is 0 Å². The zero-order valence-corrected chi connectivity index (χ0v) is 9.17. The van der Waals surface area contributed by atoms with E-state index in [1.807, 2.05) is 18.2 Å². The number of para-hydroxylation sites is 1. The smallest absolute Gasteiger partial charge is 0.311 e. The molecule has 0 aliphatic heterocycles. The number of hydrogen-bond donors (Lipinski definition) is 2. The first-order valence-electron chi connectivity index (χ1n) is 4.97. The van der Waals surface area contributed by atoms with Gasteiger partial charge in [0, 0.05) is 0 Å². The number of carboxylic acid groups (broad SMARTS) is 1. The van der Waals surface area contributed by atoms with Crippen LogP contribution < -0.4 is 4.74 Å². The van der Waals surface area contributed by atoms with Crippen molar-refractivity contribution in [2.75, 3.05) is 7.11 Å². The topological polar surface area (TPSA) is 88.1 Å². The molecule has 2 N–H and O–H groups in total. The number of aromatic nitrogens is 3. The Morgan fingerprint density at radius 2 is 2.24 bits per heavy atom. The van der Waals surface area contributed by atoms with Crippen LogP contribution in [0.1, 0.15) is 5.82 Å². The number of carbonyl (C=O) groups is 1. The number of ether oxygens (including phenoxy) is 1. The standard InChI is InChI=1S/C11H11N3O3/c1-17-8-5-3-2-4-7(8)11-12-9(13-14-11)6-10(15)16/h2-5H,6H2,1H3,(H,15,16)(H,12,13,14). The van der Waals surface area contributed by atoms with Crippen molar-refractivity contribution < 1.29 is 14.6 Å². The number of nitrogens with zero attached hydrogens (tertiary/aromatic N) is 2. The molecule has 0 fully saturated rings. The molecule has 1 aromatic heterocycles. The molecule has 2 rings (SSSR count). The molecule has 0 radical (unpaired) electrons. The fraction of sp³-hybridized carbons (Fsp3) is 0.182. The summed E-state index contributed by atoms with van der Waals surface area (Å²) in [6.07, 6.45) is -0.178. The van der Waals surface area contributed by atoms with E-state index in [1.54, 1.807) is 13.2 Å². The molecular weight excluding hydrogens is 222 g/mol. The molecule has 0 amide bonds. The molecule has 0 bridgehead atoms. The van der Waals surface area contributed by atoms with E-state index in [1.165, 1.54) is 0 Å². The summed E-state index contributed by atoms with van der Waals surface area (Å²) in [5, 5.41) is 15.2. The van der Waals surface area contributed by atoms with Gasteiger partial charge in [-0.1, -0.05) is 12.1 Å². The van der Waals surface area contributed by atoms with Crippen LogP contribution in [0.2, 0.25) is 0 Å². The minimum Gasteiger partial charge on any atom is -0.496 e. The maximum atomic E-state index is 10.5. The molecule has 0 aliphatic rings. The van der Waals surface area contributed by atoms with Crippen LogP contribution in [0.4, 0.5) is 0 Å². The molecule has 88 valence electrons. The molecule has 0 atom stereocenters. The van der Waals surface area contributed by atoms with Gasteiger partial charge in [-0.3, -0.25) is 9.89 Å². The third-order valence-corrected chi connectivity index (χ3v) is 2.20. The van der Waals surface area contributed by atoms with Crippen molar-refractivity contribution in [2.45, 2.75) is 6.42 Å². The molecule has 1 aromatic carbocycles. The molecule has 0 saturated carbocycles. The van der Waals surface area contributed by atoms with E-state index >= 15 is 0 Å². The second kappa shape index (κ2) is 4.65. The third kappa shape index (κ3) is 2.41. The summed E-state index contributed by atoms with van der Waals surface area (Å²) in [5.41, 5.74) is 0.725. The van der Waals surface area contributed by atoms with Gasteiger partial charge in [-0.25, -0.2) is 4.98 Å². The van der Waals surface area contributed by atoms with Gasteiger partial charge in [-0.05, 0) is 12.1 Å². The SMILES string of the molecule is COc1ccccc1-c1n[nH]c(CC(=O)O)n1. The average molecular weight is 233 g/mol. The number of rotatable bonds is 4. The minimum atomic E-state index is -0.951. The van der Waals surface area contributed by atoms with Gasteiger partial charge in [0.2, 0.25) is 0 Å². The number of methoxy groups -OCH3 is 1. The highest BCUT2D eigenvalue weighted by molar-refractivity contribution is 5.69. The molecule has 17 heavy (non-hydrogen) atoms. The van der Waals surface area contributed by atoms with Crippen molar-refractivity contribution in [1.82, 2.24) is 15.2 Å². The van der Waals surface area contributed by atoms with Gasteiger partial charge in [0.25, 0.3) is 0 Å². The Morgan fingerprint density at radius 1 is 1.47 bits per heavy atom. The summed E-state index contributed by atoms with van der Waals surface area (Å²) < 4.78 is 5.18. The second-order valence-electron chi connectivity index (χ2n) is 3.38. The van der Waals surface area contributed by atoms with Gasteiger partial charge in [0.1, 0.15) is 18.0 Å². The van der Waals surface area contributed by atoms with Crippen molar-refractivity contribution in [3.8, 4) is 17.1 Å². The average Bonchev–Trinajstić information content (AvgIpc) is 2.76. The molecule has 6 nitrogen and oxygen atoms in total. The maximum Gasteiger partial charge on any atom is 0.311 e. The van der Waals surface area contributed by atoms with Gasteiger partial charge in [0.05, 0.1) is 12.7 Å². The number of nitrogens with one attached hydrogen (secondary N) is 1. The zero-order valence-electron chi connectivity index (χ0n) is 9.17. The lowest BCUT2D eigenvalue weighted by molar-refractivity contribution is -0.136. The number of aromatic amines is 1. The first kappa shape index (κ1) is 11.1. The van der Waals surface area contributed by atoms with Crippen molar-refractivity contribution in [1.29, 1.82) is 0 Å². The summed E-state index contributed by atoms with van der Waals surface area (Å²) in [5.74, 6) is 0.443. The largest absolute Gasteiger partial charge is 0.496 e. The van der Waals surface area contributed by atoms with Crippen LogP contribution in [0.25, 0.3) is 11.4 Å². The molecule has 0 unspecified atom stereocenters. The Balaban J connectivity index is 2.33. The van der Waals surface area contributed by atoms with E-state index in [9.17, 15) is 4.79 Å². The number of carboxylic acids is 1. The molecule has 0 saturated heterocycles. The van der Waals surface area contributed by atoms with Crippen molar-refractivity contribution >= 4 is 5.97 Å². The molecule has 2 aromatic rings. The Labute approximate surface area is 97.3 Å². The Kier molecular flexibility index (Phi) is 3.04. The zero-order chi connectivity index (χ0) is 12.3.